The van der Waals surface area contributed by atoms with Crippen molar-refractivity contribution in [3.63, 3.8) is 0 Å². The van der Waals surface area contributed by atoms with Gasteiger partial charge in [-0.2, -0.15) is 0 Å². The van der Waals surface area contributed by atoms with Gasteiger partial charge in [-0.1, -0.05) is 6.92 Å². The number of hydrogen-bond acceptors (Lipinski definition) is 2. The van der Waals surface area contributed by atoms with E-state index >= 15 is 0 Å². The van der Waals surface area contributed by atoms with E-state index in [0.29, 0.717) is 5.92 Å². The maximum atomic E-state index is 11.6. The highest BCUT2D eigenvalue weighted by atomic mass is 16.1. The van der Waals surface area contributed by atoms with Crippen LogP contribution in [0.5, 0.6) is 0 Å². The monoisotopic (exact) mass is 184 g/mol. The molecule has 3 heteroatoms. The molecule has 1 saturated carbocycles. The van der Waals surface area contributed by atoms with Crippen molar-refractivity contribution in [1.29, 1.82) is 0 Å². The van der Waals surface area contributed by atoms with Gasteiger partial charge in [-0.15, -0.1) is 0 Å². The zero-order chi connectivity index (χ0) is 9.84. The fourth-order valence-corrected chi connectivity index (χ4v) is 2.03. The fraction of sp³-hybridized carbons (Fsp3) is 0.900. The molecule has 0 aromatic rings. The highest BCUT2D eigenvalue weighted by Gasteiger charge is 2.30. The lowest BCUT2D eigenvalue weighted by atomic mass is 9.78. The molecule has 0 radical (unpaired) electrons. The van der Waals surface area contributed by atoms with Crippen LogP contribution in [0.25, 0.3) is 0 Å². The summed E-state index contributed by atoms with van der Waals surface area (Å²) in [5.74, 6) is 0.820. The molecule has 13 heavy (non-hydrogen) atoms. The third kappa shape index (κ3) is 2.69. The van der Waals surface area contributed by atoms with Gasteiger partial charge in [0.2, 0.25) is 5.91 Å². The summed E-state index contributed by atoms with van der Waals surface area (Å²) in [6.07, 6.45) is 3.01. The lowest BCUT2D eigenvalue weighted by molar-refractivity contribution is -0.127. The highest BCUT2D eigenvalue weighted by molar-refractivity contribution is 5.79. The quantitative estimate of drug-likeness (QED) is 0.669. The van der Waals surface area contributed by atoms with Crippen LogP contribution < -0.4 is 11.1 Å². The Hall–Kier alpha value is -0.570. The average molecular weight is 184 g/mol. The molecule has 0 spiro atoms. The summed E-state index contributed by atoms with van der Waals surface area (Å²) in [7, 11) is 0. The van der Waals surface area contributed by atoms with Gasteiger partial charge in [-0.05, 0) is 32.1 Å². The molecule has 1 aliphatic rings. The molecule has 3 unspecified atom stereocenters. The van der Waals surface area contributed by atoms with Gasteiger partial charge in [0.25, 0.3) is 0 Å². The summed E-state index contributed by atoms with van der Waals surface area (Å²) < 4.78 is 0. The minimum Gasteiger partial charge on any atom is -0.356 e. The van der Waals surface area contributed by atoms with Crippen molar-refractivity contribution in [1.82, 2.24) is 5.32 Å². The molecule has 0 aromatic carbocycles. The van der Waals surface area contributed by atoms with E-state index in [1.54, 1.807) is 0 Å². The number of nitrogens with one attached hydrogen (secondary N) is 1. The molecule has 1 rings (SSSR count). The summed E-state index contributed by atoms with van der Waals surface area (Å²) in [6, 6.07) is 0.226. The Balaban J connectivity index is 2.50. The van der Waals surface area contributed by atoms with Crippen molar-refractivity contribution in [3.05, 3.63) is 0 Å². The van der Waals surface area contributed by atoms with Crippen LogP contribution in [0.3, 0.4) is 0 Å². The van der Waals surface area contributed by atoms with E-state index in [1.807, 2.05) is 6.92 Å². The summed E-state index contributed by atoms with van der Waals surface area (Å²) >= 11 is 0. The molecule has 1 aliphatic carbocycles. The third-order valence-electron chi connectivity index (χ3n) is 2.92. The Bertz CT molecular complexity index is 182. The largest absolute Gasteiger partial charge is 0.356 e. The van der Waals surface area contributed by atoms with Crippen LogP contribution in [-0.2, 0) is 4.79 Å². The molecule has 3 N–H and O–H groups in total. The topological polar surface area (TPSA) is 55.1 Å². The molecule has 0 aliphatic heterocycles. The predicted octanol–water partition coefficient (Wildman–Crippen LogP) is 0.886. The molecule has 0 heterocycles. The van der Waals surface area contributed by atoms with E-state index in [0.717, 1.165) is 25.8 Å². The smallest absolute Gasteiger partial charge is 0.223 e. The molecule has 0 bridgehead atoms. The van der Waals surface area contributed by atoms with Gasteiger partial charge in [0.15, 0.2) is 0 Å². The summed E-state index contributed by atoms with van der Waals surface area (Å²) in [6.45, 7) is 4.81. The Morgan fingerprint density at radius 2 is 2.23 bits per heavy atom. The van der Waals surface area contributed by atoms with Gasteiger partial charge < -0.3 is 11.1 Å². The first-order valence-corrected chi connectivity index (χ1v) is 5.18. The number of carbonyl (C=O) groups excluding carboxylic acids is 1. The van der Waals surface area contributed by atoms with Crippen molar-refractivity contribution in [3.8, 4) is 0 Å². The van der Waals surface area contributed by atoms with Gasteiger partial charge in [0, 0.05) is 18.5 Å². The normalized spacial score (nSPS) is 34.2. The lowest BCUT2D eigenvalue weighted by Gasteiger charge is -2.31. The molecule has 1 fully saturated rings. The number of hydrogen-bond donors (Lipinski definition) is 2. The minimum atomic E-state index is 0.142. The molecule has 76 valence electrons. The van der Waals surface area contributed by atoms with Gasteiger partial charge in [0.1, 0.15) is 0 Å². The van der Waals surface area contributed by atoms with Gasteiger partial charge in [-0.3, -0.25) is 4.79 Å². The van der Waals surface area contributed by atoms with Gasteiger partial charge in [0.05, 0.1) is 0 Å². The van der Waals surface area contributed by atoms with E-state index in [1.165, 1.54) is 0 Å². The summed E-state index contributed by atoms with van der Waals surface area (Å²) in [5.41, 5.74) is 5.84. The van der Waals surface area contributed by atoms with Crippen LogP contribution in [0.2, 0.25) is 0 Å². The molecule has 0 saturated heterocycles. The SMILES string of the molecule is CCNC(=O)C1CC(N)CCC1C. The molecular formula is C10H20N2O. The van der Waals surface area contributed by atoms with Crippen LogP contribution >= 0.6 is 0 Å². The first kappa shape index (κ1) is 10.5. The van der Waals surface area contributed by atoms with Crippen LogP contribution in [0.1, 0.15) is 33.1 Å². The first-order chi connectivity index (χ1) is 6.15. The van der Waals surface area contributed by atoms with Crippen molar-refractivity contribution in [2.24, 2.45) is 17.6 Å². The standard InChI is InChI=1S/C10H20N2O/c1-3-12-10(13)9-6-8(11)5-4-7(9)2/h7-9H,3-6,11H2,1-2H3,(H,12,13). The van der Waals surface area contributed by atoms with E-state index in [9.17, 15) is 4.79 Å². The van der Waals surface area contributed by atoms with Crippen LogP contribution in [0.15, 0.2) is 0 Å². The molecule has 1 amide bonds. The zero-order valence-corrected chi connectivity index (χ0v) is 8.55. The second-order valence-corrected chi connectivity index (χ2v) is 4.05. The number of nitrogens with two attached hydrogens (primary N) is 1. The molecular weight excluding hydrogens is 164 g/mol. The van der Waals surface area contributed by atoms with Crippen molar-refractivity contribution in [2.45, 2.75) is 39.2 Å². The van der Waals surface area contributed by atoms with Crippen LogP contribution in [0.4, 0.5) is 0 Å². The number of carbonyl (C=O) groups is 1. The Labute approximate surface area is 80.1 Å². The Morgan fingerprint density at radius 3 is 2.85 bits per heavy atom. The second-order valence-electron chi connectivity index (χ2n) is 4.05. The first-order valence-electron chi connectivity index (χ1n) is 5.18. The highest BCUT2D eigenvalue weighted by Crippen LogP contribution is 2.28. The predicted molar refractivity (Wildman–Crippen MR) is 53.2 cm³/mol. The third-order valence-corrected chi connectivity index (χ3v) is 2.92. The van der Waals surface area contributed by atoms with Gasteiger partial charge in [-0.25, -0.2) is 0 Å². The average Bonchev–Trinajstić information content (AvgIpc) is 2.09. The van der Waals surface area contributed by atoms with Gasteiger partial charge >= 0.3 is 0 Å². The van der Waals surface area contributed by atoms with E-state index in [4.69, 9.17) is 5.73 Å². The van der Waals surface area contributed by atoms with E-state index in [2.05, 4.69) is 12.2 Å². The van der Waals surface area contributed by atoms with Crippen molar-refractivity contribution >= 4 is 5.91 Å². The second kappa shape index (κ2) is 4.61. The number of amides is 1. The van der Waals surface area contributed by atoms with Crippen LogP contribution in [-0.4, -0.2) is 18.5 Å². The Morgan fingerprint density at radius 1 is 1.54 bits per heavy atom. The van der Waals surface area contributed by atoms with Crippen molar-refractivity contribution in [2.75, 3.05) is 6.54 Å². The zero-order valence-electron chi connectivity index (χ0n) is 8.55. The van der Waals surface area contributed by atoms with E-state index < -0.39 is 0 Å². The number of rotatable bonds is 2. The van der Waals surface area contributed by atoms with Crippen LogP contribution in [0, 0.1) is 11.8 Å². The molecule has 0 aromatic heterocycles. The summed E-state index contributed by atoms with van der Waals surface area (Å²) in [5, 5.41) is 2.87. The maximum Gasteiger partial charge on any atom is 0.223 e. The summed E-state index contributed by atoms with van der Waals surface area (Å²) in [4.78, 5) is 11.6. The Kier molecular flexibility index (Phi) is 3.72. The fourth-order valence-electron chi connectivity index (χ4n) is 2.03. The molecule has 3 nitrogen and oxygen atoms in total. The minimum absolute atomic E-state index is 0.142. The van der Waals surface area contributed by atoms with Crippen molar-refractivity contribution < 1.29 is 4.79 Å². The lowest BCUT2D eigenvalue weighted by Crippen LogP contribution is -2.41. The molecule has 3 atom stereocenters. The van der Waals surface area contributed by atoms with E-state index in [-0.39, 0.29) is 17.9 Å². The maximum absolute atomic E-state index is 11.6.